The molecule has 1 N–H and O–H groups in total. The summed E-state index contributed by atoms with van der Waals surface area (Å²) >= 11 is 1.38. The maximum atomic E-state index is 12.1. The molecular weight excluding hydrogens is 362 g/mol. The number of allylic oxidation sites excluding steroid dienone is 2. The van der Waals surface area contributed by atoms with E-state index in [9.17, 15) is 4.79 Å². The normalized spacial score (nSPS) is 16.1. The number of aryl methyl sites for hydroxylation is 1. The summed E-state index contributed by atoms with van der Waals surface area (Å²) in [4.78, 5) is 17.4. The first-order chi connectivity index (χ1) is 13.2. The quantitative estimate of drug-likeness (QED) is 0.747. The summed E-state index contributed by atoms with van der Waals surface area (Å²) in [6.07, 6.45) is 2.33. The van der Waals surface area contributed by atoms with Crippen molar-refractivity contribution in [3.63, 3.8) is 0 Å². The third-order valence-corrected chi connectivity index (χ3v) is 5.87. The van der Waals surface area contributed by atoms with Crippen molar-refractivity contribution in [3.05, 3.63) is 52.3 Å². The van der Waals surface area contributed by atoms with E-state index < -0.39 is 0 Å². The van der Waals surface area contributed by atoms with E-state index >= 15 is 0 Å². The lowest BCUT2D eigenvalue weighted by Crippen LogP contribution is -2.27. The summed E-state index contributed by atoms with van der Waals surface area (Å²) in [5.41, 5.74) is 6.25. The molecule has 7 nitrogen and oxygen atoms in total. The van der Waals surface area contributed by atoms with Crippen LogP contribution in [0.15, 0.2) is 46.1 Å². The molecule has 0 amide bonds. The van der Waals surface area contributed by atoms with Gasteiger partial charge in [0.05, 0.1) is 10.4 Å². The highest BCUT2D eigenvalue weighted by Gasteiger charge is 2.29. The van der Waals surface area contributed by atoms with Gasteiger partial charge < -0.3 is 4.74 Å². The molecule has 5 rings (SSSR count). The first-order valence-corrected chi connectivity index (χ1v) is 9.65. The van der Waals surface area contributed by atoms with Crippen LogP contribution >= 0.6 is 11.8 Å². The fourth-order valence-corrected chi connectivity index (χ4v) is 4.37. The standard InChI is InChI=1S/C19H17N5O2S/c1-11-9-17(20-13-6-3-2-5-12(11)13)26-10-16-21-22-19-24(16)23-14-7-4-8-15(25)18(14)27-19/h2-3,5-6,9,23H,4,7-8,10H2,1H3. The molecule has 0 fully saturated rings. The summed E-state index contributed by atoms with van der Waals surface area (Å²) in [6.45, 7) is 2.28. The Morgan fingerprint density at radius 2 is 2.15 bits per heavy atom. The van der Waals surface area contributed by atoms with Crippen molar-refractivity contribution in [2.75, 3.05) is 5.43 Å². The Kier molecular flexibility index (Phi) is 3.86. The zero-order valence-corrected chi connectivity index (χ0v) is 15.5. The lowest BCUT2D eigenvalue weighted by atomic mass is 10.0. The van der Waals surface area contributed by atoms with Crippen LogP contribution in [0.25, 0.3) is 10.9 Å². The highest BCUT2D eigenvalue weighted by molar-refractivity contribution is 8.04. The number of carbonyl (C=O) groups excluding carboxylic acids is 1. The number of nitrogens with one attached hydrogen (secondary N) is 1. The minimum atomic E-state index is 0.177. The monoisotopic (exact) mass is 379 g/mol. The van der Waals surface area contributed by atoms with Gasteiger partial charge in [0, 0.05) is 23.6 Å². The summed E-state index contributed by atoms with van der Waals surface area (Å²) in [5.74, 6) is 1.38. The van der Waals surface area contributed by atoms with Gasteiger partial charge >= 0.3 is 0 Å². The fraction of sp³-hybridized carbons (Fsp3) is 0.263. The largest absolute Gasteiger partial charge is 0.469 e. The van der Waals surface area contributed by atoms with Gasteiger partial charge in [-0.05, 0) is 43.2 Å². The van der Waals surface area contributed by atoms with Crippen molar-refractivity contribution < 1.29 is 9.53 Å². The molecule has 8 heteroatoms. The van der Waals surface area contributed by atoms with E-state index in [-0.39, 0.29) is 12.4 Å². The number of nitrogens with zero attached hydrogens (tertiary/aromatic N) is 4. The molecule has 0 saturated carbocycles. The van der Waals surface area contributed by atoms with Crippen LogP contribution in [0.4, 0.5) is 0 Å². The molecular formula is C19H17N5O2S. The molecule has 1 aliphatic heterocycles. The van der Waals surface area contributed by atoms with Gasteiger partial charge in [-0.3, -0.25) is 10.2 Å². The lowest BCUT2D eigenvalue weighted by molar-refractivity contribution is -0.115. The number of fused-ring (bicyclic) bond motifs is 2. The van der Waals surface area contributed by atoms with E-state index in [1.165, 1.54) is 11.8 Å². The average molecular weight is 379 g/mol. The third kappa shape index (κ3) is 2.86. The van der Waals surface area contributed by atoms with E-state index in [2.05, 4.69) is 20.6 Å². The third-order valence-electron chi connectivity index (χ3n) is 4.75. The second kappa shape index (κ2) is 6.38. The molecule has 136 valence electrons. The van der Waals surface area contributed by atoms with Crippen LogP contribution < -0.4 is 10.2 Å². The molecule has 3 aromatic rings. The Bertz CT molecular complexity index is 1100. The van der Waals surface area contributed by atoms with Crippen LogP contribution in [-0.2, 0) is 11.4 Å². The first kappa shape index (κ1) is 16.3. The number of Topliss-reactive ketones (excluding diaryl/α,β-unsaturated/α-hetero) is 1. The lowest BCUT2D eigenvalue weighted by Gasteiger charge is -2.25. The van der Waals surface area contributed by atoms with Crippen molar-refractivity contribution in [1.82, 2.24) is 19.9 Å². The number of carbonyl (C=O) groups is 1. The average Bonchev–Trinajstić information content (AvgIpc) is 3.07. The fourth-order valence-electron chi connectivity index (χ4n) is 3.38. The van der Waals surface area contributed by atoms with Crippen LogP contribution in [0.5, 0.6) is 5.88 Å². The Morgan fingerprint density at radius 1 is 1.26 bits per heavy atom. The number of aromatic nitrogens is 4. The molecule has 2 aromatic heterocycles. The number of thioether (sulfide) groups is 1. The zero-order chi connectivity index (χ0) is 18.4. The molecule has 1 aliphatic carbocycles. The van der Waals surface area contributed by atoms with Crippen molar-refractivity contribution >= 4 is 28.4 Å². The number of hydrogen-bond donors (Lipinski definition) is 1. The SMILES string of the molecule is Cc1cc(OCc2nnc3n2NC2=C(S3)C(=O)CCC2)nc2ccccc12. The van der Waals surface area contributed by atoms with Crippen molar-refractivity contribution in [2.45, 2.75) is 37.9 Å². The van der Waals surface area contributed by atoms with Gasteiger partial charge in [-0.15, -0.1) is 10.2 Å². The van der Waals surface area contributed by atoms with Crippen LogP contribution in [0, 0.1) is 6.92 Å². The summed E-state index contributed by atoms with van der Waals surface area (Å²) < 4.78 is 7.70. The van der Waals surface area contributed by atoms with E-state index in [1.54, 1.807) is 4.68 Å². The second-order valence-corrected chi connectivity index (χ2v) is 7.59. The predicted octanol–water partition coefficient (Wildman–Crippen LogP) is 3.33. The van der Waals surface area contributed by atoms with Crippen molar-refractivity contribution in [3.8, 4) is 5.88 Å². The molecule has 3 heterocycles. The minimum absolute atomic E-state index is 0.177. The van der Waals surface area contributed by atoms with E-state index in [0.29, 0.717) is 23.3 Å². The van der Waals surface area contributed by atoms with E-state index in [4.69, 9.17) is 4.74 Å². The van der Waals surface area contributed by atoms with Gasteiger partial charge in [0.1, 0.15) is 0 Å². The Balaban J connectivity index is 1.38. The van der Waals surface area contributed by atoms with Gasteiger partial charge in [-0.25, -0.2) is 9.66 Å². The first-order valence-electron chi connectivity index (χ1n) is 8.84. The van der Waals surface area contributed by atoms with Crippen molar-refractivity contribution in [1.29, 1.82) is 0 Å². The maximum absolute atomic E-state index is 12.1. The maximum Gasteiger partial charge on any atom is 0.215 e. The van der Waals surface area contributed by atoms with Gasteiger partial charge in [0.25, 0.3) is 0 Å². The number of benzene rings is 1. The van der Waals surface area contributed by atoms with Crippen molar-refractivity contribution in [2.24, 2.45) is 0 Å². The zero-order valence-electron chi connectivity index (χ0n) is 14.7. The molecule has 1 aromatic carbocycles. The van der Waals surface area contributed by atoms with Crippen LogP contribution in [0.1, 0.15) is 30.7 Å². The summed E-state index contributed by atoms with van der Waals surface area (Å²) in [5, 5.41) is 10.2. The topological polar surface area (TPSA) is 81.9 Å². The second-order valence-electron chi connectivity index (χ2n) is 6.62. The Morgan fingerprint density at radius 3 is 3.07 bits per heavy atom. The number of rotatable bonds is 3. The Hall–Kier alpha value is -2.87. The van der Waals surface area contributed by atoms with E-state index in [1.807, 2.05) is 37.3 Å². The summed E-state index contributed by atoms with van der Waals surface area (Å²) in [7, 11) is 0. The van der Waals surface area contributed by atoms with Gasteiger partial charge in [0.2, 0.25) is 11.0 Å². The molecule has 27 heavy (non-hydrogen) atoms. The van der Waals surface area contributed by atoms with Crippen LogP contribution in [0.3, 0.4) is 0 Å². The van der Waals surface area contributed by atoms with Gasteiger partial charge in [-0.2, -0.15) is 0 Å². The molecule has 0 unspecified atom stereocenters. The molecule has 0 radical (unpaired) electrons. The molecule has 0 spiro atoms. The van der Waals surface area contributed by atoms with E-state index in [0.717, 1.165) is 39.9 Å². The molecule has 0 bridgehead atoms. The molecule has 0 atom stereocenters. The van der Waals surface area contributed by atoms with Gasteiger partial charge in [-0.1, -0.05) is 18.2 Å². The number of ketones is 1. The number of pyridine rings is 1. The highest BCUT2D eigenvalue weighted by Crippen LogP contribution is 2.37. The number of ether oxygens (including phenoxy) is 1. The summed E-state index contributed by atoms with van der Waals surface area (Å²) in [6, 6.07) is 9.92. The molecule has 2 aliphatic rings. The van der Waals surface area contributed by atoms with Gasteiger partial charge in [0.15, 0.2) is 18.2 Å². The van der Waals surface area contributed by atoms with Crippen LogP contribution in [-0.4, -0.2) is 25.6 Å². The smallest absolute Gasteiger partial charge is 0.215 e. The van der Waals surface area contributed by atoms with Crippen LogP contribution in [0.2, 0.25) is 0 Å². The Labute approximate surface area is 159 Å². The number of para-hydroxylation sites is 1. The minimum Gasteiger partial charge on any atom is -0.469 e. The molecule has 0 saturated heterocycles. The highest BCUT2D eigenvalue weighted by atomic mass is 32.2. The number of hydrogen-bond acceptors (Lipinski definition) is 7. The predicted molar refractivity (Wildman–Crippen MR) is 102 cm³/mol.